The van der Waals surface area contributed by atoms with Gasteiger partial charge in [-0.05, 0) is 24.3 Å². The number of ether oxygens (including phenoxy) is 1. The molecule has 1 saturated carbocycles. The molecule has 0 heterocycles. The number of nitrogens with one attached hydrogen (secondary N) is 2. The fraction of sp³-hybridized carbons (Fsp3) is 0.529. The van der Waals surface area contributed by atoms with Gasteiger partial charge in [0.2, 0.25) is 5.91 Å². The standard InChI is InChI=1S/C17H24N2O3/c1-13-7-5-6-10-15(13)19-16(20)11-18-17(21)22-12-14-8-3-2-4-9-14/h2-4,8-9,13,15H,5-7,10-12H2,1H3,(H,18,21)(H,19,20)/t13-,15+/m0/s1. The summed E-state index contributed by atoms with van der Waals surface area (Å²) in [4.78, 5) is 23.4. The molecule has 0 radical (unpaired) electrons. The topological polar surface area (TPSA) is 67.4 Å². The van der Waals surface area contributed by atoms with Gasteiger partial charge in [-0.25, -0.2) is 4.79 Å². The summed E-state index contributed by atoms with van der Waals surface area (Å²) < 4.78 is 5.06. The Bertz CT molecular complexity index is 490. The third-order valence-corrected chi connectivity index (χ3v) is 4.06. The predicted octanol–water partition coefficient (Wildman–Crippen LogP) is 2.61. The highest BCUT2D eigenvalue weighted by molar-refractivity contribution is 5.82. The van der Waals surface area contributed by atoms with Crippen LogP contribution in [0.1, 0.15) is 38.2 Å². The molecule has 0 saturated heterocycles. The van der Waals surface area contributed by atoms with Crippen molar-refractivity contribution in [1.82, 2.24) is 10.6 Å². The molecule has 0 unspecified atom stereocenters. The highest BCUT2D eigenvalue weighted by Gasteiger charge is 2.22. The molecule has 1 aliphatic carbocycles. The molecule has 2 atom stereocenters. The molecule has 1 aromatic rings. The van der Waals surface area contributed by atoms with E-state index in [0.717, 1.165) is 24.8 Å². The van der Waals surface area contributed by atoms with E-state index in [2.05, 4.69) is 17.6 Å². The lowest BCUT2D eigenvalue weighted by molar-refractivity contribution is -0.121. The normalized spacial score (nSPS) is 21.0. The van der Waals surface area contributed by atoms with Crippen molar-refractivity contribution >= 4 is 12.0 Å². The second-order valence-electron chi connectivity index (χ2n) is 5.85. The van der Waals surface area contributed by atoms with Gasteiger partial charge in [-0.2, -0.15) is 0 Å². The predicted molar refractivity (Wildman–Crippen MR) is 84.2 cm³/mol. The first kappa shape index (κ1) is 16.3. The summed E-state index contributed by atoms with van der Waals surface area (Å²) in [6.45, 7) is 2.32. The van der Waals surface area contributed by atoms with Gasteiger partial charge in [-0.3, -0.25) is 4.79 Å². The van der Waals surface area contributed by atoms with Crippen molar-refractivity contribution in [3.8, 4) is 0 Å². The maximum absolute atomic E-state index is 11.9. The quantitative estimate of drug-likeness (QED) is 0.878. The van der Waals surface area contributed by atoms with E-state index < -0.39 is 6.09 Å². The monoisotopic (exact) mass is 304 g/mol. The Kier molecular flexibility index (Phi) is 6.25. The van der Waals surface area contributed by atoms with Gasteiger partial charge in [0.25, 0.3) is 0 Å². The van der Waals surface area contributed by atoms with E-state index in [1.54, 1.807) is 0 Å². The molecular weight excluding hydrogens is 280 g/mol. The van der Waals surface area contributed by atoms with Crippen molar-refractivity contribution in [1.29, 1.82) is 0 Å². The van der Waals surface area contributed by atoms with Crippen LogP contribution in [0.3, 0.4) is 0 Å². The van der Waals surface area contributed by atoms with Gasteiger partial charge in [0.05, 0.1) is 0 Å². The van der Waals surface area contributed by atoms with Crippen molar-refractivity contribution < 1.29 is 14.3 Å². The van der Waals surface area contributed by atoms with Gasteiger partial charge in [-0.1, -0.05) is 50.1 Å². The summed E-state index contributed by atoms with van der Waals surface area (Å²) in [6, 6.07) is 9.66. The average Bonchev–Trinajstić information content (AvgIpc) is 2.54. The zero-order chi connectivity index (χ0) is 15.8. The van der Waals surface area contributed by atoms with Gasteiger partial charge in [-0.15, -0.1) is 0 Å². The van der Waals surface area contributed by atoms with Crippen LogP contribution in [0.4, 0.5) is 4.79 Å². The molecule has 5 nitrogen and oxygen atoms in total. The Morgan fingerprint density at radius 3 is 2.64 bits per heavy atom. The second-order valence-corrected chi connectivity index (χ2v) is 5.85. The Hall–Kier alpha value is -2.04. The number of benzene rings is 1. The number of rotatable bonds is 5. The van der Waals surface area contributed by atoms with Crippen LogP contribution < -0.4 is 10.6 Å². The zero-order valence-corrected chi connectivity index (χ0v) is 13.0. The average molecular weight is 304 g/mol. The molecule has 5 heteroatoms. The summed E-state index contributed by atoms with van der Waals surface area (Å²) in [5, 5.41) is 5.47. The summed E-state index contributed by atoms with van der Waals surface area (Å²) in [5.41, 5.74) is 0.915. The minimum absolute atomic E-state index is 0.0448. The van der Waals surface area contributed by atoms with Crippen LogP contribution in [0.15, 0.2) is 30.3 Å². The molecular formula is C17H24N2O3. The largest absolute Gasteiger partial charge is 0.445 e. The molecule has 0 bridgehead atoms. The minimum atomic E-state index is -0.573. The van der Waals surface area contributed by atoms with Crippen LogP contribution in [0.5, 0.6) is 0 Å². The van der Waals surface area contributed by atoms with Gasteiger partial charge >= 0.3 is 6.09 Å². The maximum Gasteiger partial charge on any atom is 0.407 e. The van der Waals surface area contributed by atoms with E-state index in [-0.39, 0.29) is 25.1 Å². The SMILES string of the molecule is C[C@H]1CCCC[C@H]1NC(=O)CNC(=O)OCc1ccccc1. The maximum atomic E-state index is 11.9. The van der Waals surface area contributed by atoms with Crippen LogP contribution in [0.2, 0.25) is 0 Å². The number of carbonyl (C=O) groups excluding carboxylic acids is 2. The second kappa shape index (κ2) is 8.41. The highest BCUT2D eigenvalue weighted by atomic mass is 16.5. The summed E-state index contributed by atoms with van der Waals surface area (Å²) in [7, 11) is 0. The van der Waals surface area contributed by atoms with E-state index in [0.29, 0.717) is 5.92 Å². The van der Waals surface area contributed by atoms with Crippen molar-refractivity contribution in [3.05, 3.63) is 35.9 Å². The third kappa shape index (κ3) is 5.39. The summed E-state index contributed by atoms with van der Waals surface area (Å²) >= 11 is 0. The summed E-state index contributed by atoms with van der Waals surface area (Å²) in [5.74, 6) is 0.346. The lowest BCUT2D eigenvalue weighted by Crippen LogP contribution is -2.45. The van der Waals surface area contributed by atoms with Crippen molar-refractivity contribution in [2.24, 2.45) is 5.92 Å². The van der Waals surface area contributed by atoms with Crippen LogP contribution in [0, 0.1) is 5.92 Å². The molecule has 1 aromatic carbocycles. The number of hydrogen-bond donors (Lipinski definition) is 2. The van der Waals surface area contributed by atoms with E-state index in [1.165, 1.54) is 6.42 Å². The van der Waals surface area contributed by atoms with E-state index >= 15 is 0 Å². The Balaban J connectivity index is 1.64. The smallest absolute Gasteiger partial charge is 0.407 e. The van der Waals surface area contributed by atoms with Crippen molar-refractivity contribution in [3.63, 3.8) is 0 Å². The van der Waals surface area contributed by atoms with Crippen LogP contribution in [-0.2, 0) is 16.1 Å². The van der Waals surface area contributed by atoms with Gasteiger partial charge in [0, 0.05) is 6.04 Å². The van der Waals surface area contributed by atoms with E-state index in [9.17, 15) is 9.59 Å². The first-order chi connectivity index (χ1) is 10.6. The molecule has 1 aliphatic rings. The fourth-order valence-corrected chi connectivity index (χ4v) is 2.72. The third-order valence-electron chi connectivity index (χ3n) is 4.06. The molecule has 2 amide bonds. The zero-order valence-electron chi connectivity index (χ0n) is 13.0. The lowest BCUT2D eigenvalue weighted by atomic mass is 9.86. The molecule has 0 aromatic heterocycles. The molecule has 2 N–H and O–H groups in total. The first-order valence-corrected chi connectivity index (χ1v) is 7.89. The van der Waals surface area contributed by atoms with Gasteiger partial charge in [0.1, 0.15) is 13.2 Å². The van der Waals surface area contributed by atoms with Gasteiger partial charge < -0.3 is 15.4 Å². The van der Waals surface area contributed by atoms with Gasteiger partial charge in [0.15, 0.2) is 0 Å². The number of hydrogen-bond acceptors (Lipinski definition) is 3. The summed E-state index contributed by atoms with van der Waals surface area (Å²) in [6.07, 6.45) is 3.98. The molecule has 120 valence electrons. The molecule has 2 rings (SSSR count). The van der Waals surface area contributed by atoms with Crippen LogP contribution >= 0.6 is 0 Å². The molecule has 22 heavy (non-hydrogen) atoms. The fourth-order valence-electron chi connectivity index (χ4n) is 2.72. The Labute approximate surface area is 131 Å². The number of amides is 2. The van der Waals surface area contributed by atoms with Crippen molar-refractivity contribution in [2.75, 3.05) is 6.54 Å². The van der Waals surface area contributed by atoms with E-state index in [4.69, 9.17) is 4.74 Å². The molecule has 0 aliphatic heterocycles. The number of carbonyl (C=O) groups is 2. The number of alkyl carbamates (subject to hydrolysis) is 1. The van der Waals surface area contributed by atoms with Crippen LogP contribution in [0.25, 0.3) is 0 Å². The van der Waals surface area contributed by atoms with Crippen molar-refractivity contribution in [2.45, 2.75) is 45.3 Å². The van der Waals surface area contributed by atoms with E-state index in [1.807, 2.05) is 30.3 Å². The highest BCUT2D eigenvalue weighted by Crippen LogP contribution is 2.23. The van der Waals surface area contributed by atoms with Crippen LogP contribution in [-0.4, -0.2) is 24.6 Å². The Morgan fingerprint density at radius 2 is 1.91 bits per heavy atom. The Morgan fingerprint density at radius 1 is 1.18 bits per heavy atom. The first-order valence-electron chi connectivity index (χ1n) is 7.89. The molecule has 1 fully saturated rings. The minimum Gasteiger partial charge on any atom is -0.445 e. The lowest BCUT2D eigenvalue weighted by Gasteiger charge is -2.29. The molecule has 0 spiro atoms.